The van der Waals surface area contributed by atoms with E-state index in [0.29, 0.717) is 22.8 Å². The zero-order valence-corrected chi connectivity index (χ0v) is 28.4. The second kappa shape index (κ2) is 13.9. The van der Waals surface area contributed by atoms with Crippen molar-refractivity contribution >= 4 is 48.7 Å². The van der Waals surface area contributed by atoms with Crippen LogP contribution in [0.5, 0.6) is 0 Å². The predicted octanol–water partition coefficient (Wildman–Crippen LogP) is 1.19. The van der Waals surface area contributed by atoms with Crippen LogP contribution in [-0.4, -0.2) is 55.6 Å². The molecule has 0 N–H and O–H groups in total. The van der Waals surface area contributed by atoms with Crippen LogP contribution < -0.4 is 43.9 Å². The summed E-state index contributed by atoms with van der Waals surface area (Å²) < 4.78 is 151. The fourth-order valence-electron chi connectivity index (χ4n) is 5.15. The summed E-state index contributed by atoms with van der Waals surface area (Å²) in [6.07, 6.45) is -5.26. The van der Waals surface area contributed by atoms with E-state index >= 15 is 0 Å². The van der Waals surface area contributed by atoms with Crippen LogP contribution in [0.15, 0.2) is 54.4 Å². The molecule has 0 unspecified atom stereocenters. The average molecular weight is 705 g/mol. The molecule has 3 aromatic rings. The molecular weight excluding hydrogens is 677 g/mol. The number of allylic oxidation sites excluding steroid dienone is 2. The summed E-state index contributed by atoms with van der Waals surface area (Å²) in [4.78, 5) is 2.97. The molecule has 0 amide bonds. The van der Waals surface area contributed by atoms with Gasteiger partial charge < -0.3 is 18.9 Å². The van der Waals surface area contributed by atoms with E-state index in [-0.39, 0.29) is 66.7 Å². The number of nitrogens with zero attached hydrogens (tertiary/aromatic N) is 4. The number of aryl methyl sites for hydroxylation is 2. The molecule has 0 bridgehead atoms. The van der Waals surface area contributed by atoms with Gasteiger partial charge >= 0.3 is 41.9 Å². The first-order valence-electron chi connectivity index (χ1n) is 13.2. The van der Waals surface area contributed by atoms with E-state index in [0.717, 1.165) is 24.3 Å². The van der Waals surface area contributed by atoms with Crippen molar-refractivity contribution in [1.82, 2.24) is 4.57 Å². The van der Waals surface area contributed by atoms with Gasteiger partial charge in [0.2, 0.25) is 0 Å². The first kappa shape index (κ1) is 37.8. The minimum Gasteiger partial charge on any atom is -0.748 e. The molecule has 1 aromatic heterocycles. The largest absolute Gasteiger partial charge is 1.00 e. The topological polar surface area (TPSA) is 130 Å². The number of anilines is 2. The number of hydrogen-bond donors (Lipinski definition) is 0. The van der Waals surface area contributed by atoms with E-state index in [1.807, 2.05) is 0 Å². The Kier molecular flexibility index (Phi) is 11.4. The van der Waals surface area contributed by atoms with Crippen LogP contribution in [-0.2, 0) is 46.2 Å². The fourth-order valence-corrected chi connectivity index (χ4v) is 6.11. The van der Waals surface area contributed by atoms with Crippen molar-refractivity contribution in [1.29, 1.82) is 0 Å². The van der Waals surface area contributed by atoms with Crippen LogP contribution in [0.4, 0.5) is 37.7 Å². The molecule has 0 atom stereocenters. The van der Waals surface area contributed by atoms with E-state index < -0.39 is 55.2 Å². The maximum Gasteiger partial charge on any atom is 1.00 e. The van der Waals surface area contributed by atoms with Crippen LogP contribution in [0.2, 0.25) is 0 Å². The molecular formula is C27H27F6N4NaO6S2. The Balaban J connectivity index is 0.00000576. The summed E-state index contributed by atoms with van der Waals surface area (Å²) in [5.74, 6) is -0.879. The van der Waals surface area contributed by atoms with Crippen molar-refractivity contribution in [2.24, 2.45) is 7.05 Å². The molecule has 46 heavy (non-hydrogen) atoms. The van der Waals surface area contributed by atoms with E-state index in [4.69, 9.17) is 0 Å². The van der Waals surface area contributed by atoms with E-state index in [1.165, 1.54) is 39.8 Å². The molecule has 0 aliphatic carbocycles. The third-order valence-corrected chi connectivity index (χ3v) is 8.77. The molecule has 19 heteroatoms. The van der Waals surface area contributed by atoms with Crippen LogP contribution in [0.1, 0.15) is 29.8 Å². The molecule has 4 rings (SSSR count). The van der Waals surface area contributed by atoms with Gasteiger partial charge in [-0.05, 0) is 49.2 Å². The molecule has 0 radical (unpaired) electrons. The Morgan fingerprint density at radius 3 is 1.93 bits per heavy atom. The summed E-state index contributed by atoms with van der Waals surface area (Å²) in [6.45, 7) is -0.255. The zero-order chi connectivity index (χ0) is 33.5. The van der Waals surface area contributed by atoms with E-state index in [2.05, 4.69) is 0 Å². The molecule has 1 aliphatic heterocycles. The minimum atomic E-state index is -4.66. The third kappa shape index (κ3) is 8.84. The number of fused-ring (bicyclic) bond motifs is 2. The molecule has 10 nitrogen and oxygen atoms in total. The van der Waals surface area contributed by atoms with Gasteiger partial charge in [-0.1, -0.05) is 6.08 Å². The Labute approximate surface area is 283 Å². The van der Waals surface area contributed by atoms with Gasteiger partial charge in [-0.15, -0.1) is 0 Å². The number of imidazole rings is 1. The number of benzene rings is 2. The van der Waals surface area contributed by atoms with E-state index in [1.54, 1.807) is 23.6 Å². The normalized spacial score (nSPS) is 15.3. The van der Waals surface area contributed by atoms with Gasteiger partial charge in [0.05, 0.1) is 56.3 Å². The second-order valence-electron chi connectivity index (χ2n) is 10.3. The van der Waals surface area contributed by atoms with Gasteiger partial charge in [-0.3, -0.25) is 0 Å². The van der Waals surface area contributed by atoms with Gasteiger partial charge in [0, 0.05) is 37.2 Å². The second-order valence-corrected chi connectivity index (χ2v) is 13.3. The number of aromatic nitrogens is 2. The molecule has 1 aliphatic rings. The van der Waals surface area contributed by atoms with Crippen molar-refractivity contribution in [3.63, 3.8) is 0 Å². The van der Waals surface area contributed by atoms with Gasteiger partial charge in [0.1, 0.15) is 5.82 Å². The Bertz CT molecular complexity index is 1890. The molecule has 0 saturated carbocycles. The van der Waals surface area contributed by atoms with Gasteiger partial charge in [-0.25, -0.2) is 26.0 Å². The first-order chi connectivity index (χ1) is 20.7. The quantitative estimate of drug-likeness (QED) is 0.133. The monoisotopic (exact) mass is 704 g/mol. The van der Waals surface area contributed by atoms with Gasteiger partial charge in [0.15, 0.2) is 11.0 Å². The number of halogens is 6. The molecule has 2 heterocycles. The smallest absolute Gasteiger partial charge is 0.748 e. The standard InChI is InChI=1S/C27H28F6N4O6S2.Na/c1-34-20-10-8-18(26(28,29)30)16-22(20)36(12-4-14-44(38,39)40)24(34)6-3-7-25-35(2)21-11-9-19(27(31,32)33)17-23(21)37(25)13-5-15-45(41,42)43;/h3,6-11,16-17H,4-5,12-15H2,1-2H3,(H-,38,39,40,41,42,43);/q;+1/p-1. The van der Waals surface area contributed by atoms with Gasteiger partial charge in [-0.2, -0.15) is 26.3 Å². The van der Waals surface area contributed by atoms with Crippen LogP contribution in [0, 0.1) is 0 Å². The molecule has 2 aromatic carbocycles. The number of rotatable bonds is 10. The molecule has 0 spiro atoms. The van der Waals surface area contributed by atoms with Crippen LogP contribution in [0.25, 0.3) is 17.1 Å². The summed E-state index contributed by atoms with van der Waals surface area (Å²) in [5.41, 5.74) is -0.913. The molecule has 0 saturated heterocycles. The SMILES string of the molecule is CN1/C(=C\C=C\c2n(CCCS(=O)(=O)[O-])c3cc(C(F)(F)F)ccc3[n+]2C)N(CCCS(=O)(=O)[O-])c2cc(C(F)(F)F)ccc21.[Na+]. The zero-order valence-electron chi connectivity index (χ0n) is 24.8. The van der Waals surface area contributed by atoms with Crippen molar-refractivity contribution < 1.29 is 86.4 Å². The summed E-state index contributed by atoms with van der Waals surface area (Å²) >= 11 is 0. The summed E-state index contributed by atoms with van der Waals surface area (Å²) in [7, 11) is -6.07. The average Bonchev–Trinajstić information content (AvgIpc) is 3.31. The van der Waals surface area contributed by atoms with Crippen molar-refractivity contribution in [3.8, 4) is 0 Å². The number of hydrogen-bond acceptors (Lipinski definition) is 8. The van der Waals surface area contributed by atoms with E-state index in [9.17, 15) is 52.3 Å². The minimum absolute atomic E-state index is 0. The maximum atomic E-state index is 13.5. The van der Waals surface area contributed by atoms with Gasteiger partial charge in [0.25, 0.3) is 5.82 Å². The Hall–Kier alpha value is -2.61. The fraction of sp³-hybridized carbons (Fsp3) is 0.370. The van der Waals surface area contributed by atoms with Crippen LogP contribution in [0.3, 0.4) is 0 Å². The number of alkyl halides is 6. The predicted molar refractivity (Wildman–Crippen MR) is 151 cm³/mol. The molecule has 0 fully saturated rings. The molecule has 246 valence electrons. The Morgan fingerprint density at radius 2 is 1.37 bits per heavy atom. The third-order valence-electron chi connectivity index (χ3n) is 7.19. The van der Waals surface area contributed by atoms with Crippen molar-refractivity contribution in [2.45, 2.75) is 31.7 Å². The van der Waals surface area contributed by atoms with Crippen molar-refractivity contribution in [3.05, 3.63) is 71.3 Å². The van der Waals surface area contributed by atoms with Crippen LogP contribution >= 0.6 is 0 Å². The summed E-state index contributed by atoms with van der Waals surface area (Å²) in [5, 5.41) is 0. The summed E-state index contributed by atoms with van der Waals surface area (Å²) in [6, 6.07) is 6.10. The Morgan fingerprint density at radius 1 is 0.826 bits per heavy atom. The first-order valence-corrected chi connectivity index (χ1v) is 16.4. The van der Waals surface area contributed by atoms with Crippen molar-refractivity contribution in [2.75, 3.05) is 34.9 Å². The maximum absolute atomic E-state index is 13.5.